The van der Waals surface area contributed by atoms with E-state index in [0.29, 0.717) is 18.8 Å². The number of rotatable bonds is 6. The van der Waals surface area contributed by atoms with E-state index in [0.717, 1.165) is 6.42 Å². The summed E-state index contributed by atoms with van der Waals surface area (Å²) in [7, 11) is 0. The van der Waals surface area contributed by atoms with Crippen LogP contribution in [0.25, 0.3) is 0 Å². The molecule has 1 rings (SSSR count). The van der Waals surface area contributed by atoms with Crippen molar-refractivity contribution in [1.82, 2.24) is 5.32 Å². The molecule has 0 unspecified atom stereocenters. The molecule has 5 heteroatoms. The first-order valence-corrected chi connectivity index (χ1v) is 8.28. The van der Waals surface area contributed by atoms with Gasteiger partial charge >= 0.3 is 12.1 Å². The number of ether oxygens (including phenoxy) is 2. The third-order valence-electron chi connectivity index (χ3n) is 3.87. The van der Waals surface area contributed by atoms with Gasteiger partial charge in [0.2, 0.25) is 0 Å². The molecule has 1 heterocycles. The number of allylic oxidation sites excluding steroid dienone is 1. The summed E-state index contributed by atoms with van der Waals surface area (Å²) in [5.74, 6) is 0.141. The molecule has 1 saturated heterocycles. The van der Waals surface area contributed by atoms with E-state index in [9.17, 15) is 9.59 Å². The van der Waals surface area contributed by atoms with Crippen LogP contribution < -0.4 is 5.32 Å². The van der Waals surface area contributed by atoms with Gasteiger partial charge in [0.1, 0.15) is 11.7 Å². The van der Waals surface area contributed by atoms with Gasteiger partial charge in [0.15, 0.2) is 0 Å². The van der Waals surface area contributed by atoms with Gasteiger partial charge in [-0.2, -0.15) is 0 Å². The molecule has 5 nitrogen and oxygen atoms in total. The third-order valence-corrected chi connectivity index (χ3v) is 3.87. The van der Waals surface area contributed by atoms with E-state index in [1.54, 1.807) is 6.08 Å². The number of esters is 1. The molecule has 1 aliphatic heterocycles. The zero-order chi connectivity index (χ0) is 17.8. The molecule has 1 fully saturated rings. The van der Waals surface area contributed by atoms with E-state index in [2.05, 4.69) is 25.7 Å². The van der Waals surface area contributed by atoms with Crippen molar-refractivity contribution < 1.29 is 19.1 Å². The lowest BCUT2D eigenvalue weighted by Crippen LogP contribution is -2.46. The highest BCUT2D eigenvalue weighted by Crippen LogP contribution is 2.39. The van der Waals surface area contributed by atoms with Crippen LogP contribution >= 0.6 is 0 Å². The molecule has 0 aliphatic carbocycles. The molecule has 1 aliphatic rings. The number of carbonyl (C=O) groups excluding carboxylic acids is 2. The van der Waals surface area contributed by atoms with Crippen molar-refractivity contribution in [2.75, 3.05) is 0 Å². The Morgan fingerprint density at radius 3 is 2.61 bits per heavy atom. The molecule has 0 radical (unpaired) electrons. The van der Waals surface area contributed by atoms with Crippen molar-refractivity contribution in [3.63, 3.8) is 0 Å². The monoisotopic (exact) mass is 325 g/mol. The molecule has 23 heavy (non-hydrogen) atoms. The Hall–Kier alpha value is -1.52. The van der Waals surface area contributed by atoms with Crippen LogP contribution in [0.5, 0.6) is 0 Å². The fourth-order valence-electron chi connectivity index (χ4n) is 2.83. The first-order valence-electron chi connectivity index (χ1n) is 8.28. The minimum Gasteiger partial charge on any atom is -0.460 e. The standard InChI is InChI=1S/C18H31NO4/c1-8-9-18(7)11-14(22-15(18)20)13(10-12(2)3)19-16(21)23-17(4,5)6/h8,12-14H,1,9-11H2,2-7H3,(H,19,21)/t13-,14-,18-/m0/s1. The van der Waals surface area contributed by atoms with Gasteiger partial charge in [-0.3, -0.25) is 4.79 Å². The second kappa shape index (κ2) is 7.37. The largest absolute Gasteiger partial charge is 0.460 e. The number of alkyl carbamates (subject to hydrolysis) is 1. The number of hydrogen-bond acceptors (Lipinski definition) is 4. The molecule has 0 spiro atoms. The Morgan fingerprint density at radius 1 is 1.52 bits per heavy atom. The highest BCUT2D eigenvalue weighted by atomic mass is 16.6. The van der Waals surface area contributed by atoms with Crippen LogP contribution in [0, 0.1) is 11.3 Å². The van der Waals surface area contributed by atoms with Gasteiger partial charge < -0.3 is 14.8 Å². The lowest BCUT2D eigenvalue weighted by molar-refractivity contribution is -0.149. The molecule has 0 saturated carbocycles. The molecular formula is C18H31NO4. The van der Waals surface area contributed by atoms with E-state index in [1.165, 1.54) is 0 Å². The van der Waals surface area contributed by atoms with Crippen LogP contribution in [-0.4, -0.2) is 29.8 Å². The highest BCUT2D eigenvalue weighted by molar-refractivity contribution is 5.79. The second-order valence-corrected chi connectivity index (χ2v) is 8.08. The lowest BCUT2D eigenvalue weighted by atomic mass is 9.81. The maximum atomic E-state index is 12.2. The fourth-order valence-corrected chi connectivity index (χ4v) is 2.83. The third kappa shape index (κ3) is 5.88. The van der Waals surface area contributed by atoms with Crippen molar-refractivity contribution in [2.45, 2.75) is 78.6 Å². The molecule has 1 N–H and O–H groups in total. The van der Waals surface area contributed by atoms with Crippen molar-refractivity contribution in [2.24, 2.45) is 11.3 Å². The Balaban J connectivity index is 2.81. The molecule has 0 aromatic carbocycles. The number of cyclic esters (lactones) is 1. The fraction of sp³-hybridized carbons (Fsp3) is 0.778. The van der Waals surface area contributed by atoms with Crippen LogP contribution in [-0.2, 0) is 14.3 Å². The molecule has 0 aromatic rings. The Kier molecular flexibility index (Phi) is 6.25. The highest BCUT2D eigenvalue weighted by Gasteiger charge is 2.47. The Morgan fingerprint density at radius 2 is 2.13 bits per heavy atom. The van der Waals surface area contributed by atoms with E-state index in [-0.39, 0.29) is 18.1 Å². The number of amides is 1. The number of hydrogen-bond donors (Lipinski definition) is 1. The minimum atomic E-state index is -0.559. The average Bonchev–Trinajstić information content (AvgIpc) is 2.62. The average molecular weight is 325 g/mol. The predicted octanol–water partition coefficient (Wildman–Crippen LogP) is 3.82. The van der Waals surface area contributed by atoms with Gasteiger partial charge in [-0.1, -0.05) is 19.9 Å². The number of carbonyl (C=O) groups is 2. The maximum absolute atomic E-state index is 12.2. The smallest absolute Gasteiger partial charge is 0.408 e. The molecular weight excluding hydrogens is 294 g/mol. The summed E-state index contributed by atoms with van der Waals surface area (Å²) >= 11 is 0. The Labute approximate surface area is 139 Å². The summed E-state index contributed by atoms with van der Waals surface area (Å²) in [6.45, 7) is 15.2. The van der Waals surface area contributed by atoms with Gasteiger partial charge in [-0.05, 0) is 46.5 Å². The molecule has 0 bridgehead atoms. The second-order valence-electron chi connectivity index (χ2n) is 8.08. The summed E-state index contributed by atoms with van der Waals surface area (Å²) in [6.07, 6.45) is 2.80. The SMILES string of the molecule is C=CC[C@@]1(C)C[C@@H]([C@H](CC(C)C)NC(=O)OC(C)(C)C)OC1=O. The summed E-state index contributed by atoms with van der Waals surface area (Å²) < 4.78 is 10.9. The van der Waals surface area contributed by atoms with Crippen LogP contribution in [0.3, 0.4) is 0 Å². The van der Waals surface area contributed by atoms with Crippen LogP contribution in [0.2, 0.25) is 0 Å². The first kappa shape index (κ1) is 19.5. The summed E-state index contributed by atoms with van der Waals surface area (Å²) in [4.78, 5) is 24.3. The van der Waals surface area contributed by atoms with Gasteiger partial charge in [0.25, 0.3) is 0 Å². The zero-order valence-corrected chi connectivity index (χ0v) is 15.3. The quantitative estimate of drug-likeness (QED) is 0.595. The topological polar surface area (TPSA) is 64.6 Å². The van der Waals surface area contributed by atoms with E-state index in [4.69, 9.17) is 9.47 Å². The summed E-state index contributed by atoms with van der Waals surface area (Å²) in [6, 6.07) is -0.250. The summed E-state index contributed by atoms with van der Waals surface area (Å²) in [5, 5.41) is 2.88. The van der Waals surface area contributed by atoms with Gasteiger partial charge in [0.05, 0.1) is 11.5 Å². The predicted molar refractivity (Wildman–Crippen MR) is 90.0 cm³/mol. The lowest BCUT2D eigenvalue weighted by Gasteiger charge is -2.28. The van der Waals surface area contributed by atoms with Crippen LogP contribution in [0.1, 0.15) is 60.8 Å². The van der Waals surface area contributed by atoms with Crippen molar-refractivity contribution >= 4 is 12.1 Å². The van der Waals surface area contributed by atoms with E-state index in [1.807, 2.05) is 27.7 Å². The number of nitrogens with one attached hydrogen (secondary N) is 1. The Bertz CT molecular complexity index is 452. The van der Waals surface area contributed by atoms with Crippen molar-refractivity contribution in [1.29, 1.82) is 0 Å². The van der Waals surface area contributed by atoms with Gasteiger partial charge in [-0.15, -0.1) is 6.58 Å². The van der Waals surface area contributed by atoms with Crippen molar-refractivity contribution in [3.8, 4) is 0 Å². The van der Waals surface area contributed by atoms with Crippen LogP contribution in [0.15, 0.2) is 12.7 Å². The van der Waals surface area contributed by atoms with Crippen LogP contribution in [0.4, 0.5) is 4.79 Å². The minimum absolute atomic E-state index is 0.220. The molecule has 0 aromatic heterocycles. The van der Waals surface area contributed by atoms with Gasteiger partial charge in [0, 0.05) is 6.42 Å². The first-order chi connectivity index (χ1) is 10.5. The van der Waals surface area contributed by atoms with E-state index >= 15 is 0 Å². The normalized spacial score (nSPS) is 25.9. The molecule has 3 atom stereocenters. The van der Waals surface area contributed by atoms with Gasteiger partial charge in [-0.25, -0.2) is 4.79 Å². The maximum Gasteiger partial charge on any atom is 0.408 e. The molecule has 132 valence electrons. The van der Waals surface area contributed by atoms with Crippen molar-refractivity contribution in [3.05, 3.63) is 12.7 Å². The summed E-state index contributed by atoms with van der Waals surface area (Å²) in [5.41, 5.74) is -1.12. The zero-order valence-electron chi connectivity index (χ0n) is 15.3. The molecule has 1 amide bonds. The van der Waals surface area contributed by atoms with E-state index < -0.39 is 17.1 Å².